The number of amides is 2. The molecule has 2 aliphatic rings. The highest BCUT2D eigenvalue weighted by molar-refractivity contribution is 7.09. The van der Waals surface area contributed by atoms with Crippen LogP contribution in [0.25, 0.3) is 0 Å². The smallest absolute Gasteiger partial charge is 0.225 e. The van der Waals surface area contributed by atoms with Crippen molar-refractivity contribution in [3.63, 3.8) is 0 Å². The first-order valence-corrected chi connectivity index (χ1v) is 9.05. The van der Waals surface area contributed by atoms with E-state index in [0.717, 1.165) is 50.2 Å². The molecule has 2 amide bonds. The molecule has 0 spiro atoms. The van der Waals surface area contributed by atoms with Crippen LogP contribution in [0.1, 0.15) is 50.1 Å². The van der Waals surface area contributed by atoms with Crippen LogP contribution in [-0.2, 0) is 9.59 Å². The lowest BCUT2D eigenvalue weighted by Gasteiger charge is -2.32. The lowest BCUT2D eigenvalue weighted by molar-refractivity contribution is -0.136. The van der Waals surface area contributed by atoms with Crippen LogP contribution in [0.15, 0.2) is 11.6 Å². The Morgan fingerprint density at radius 1 is 1.32 bits per heavy atom. The summed E-state index contributed by atoms with van der Waals surface area (Å²) in [5, 5.41) is 6.03. The van der Waals surface area contributed by atoms with E-state index in [2.05, 4.69) is 17.2 Å². The van der Waals surface area contributed by atoms with E-state index in [1.165, 1.54) is 0 Å². The van der Waals surface area contributed by atoms with Crippen LogP contribution in [0.3, 0.4) is 0 Å². The topological polar surface area (TPSA) is 62.3 Å². The molecule has 1 N–H and O–H groups in total. The number of carbonyl (C=O) groups is 2. The lowest BCUT2D eigenvalue weighted by atomic mass is 9.95. The summed E-state index contributed by atoms with van der Waals surface area (Å²) >= 11 is 1.58. The molecule has 2 fully saturated rings. The second-order valence-electron chi connectivity index (χ2n) is 6.21. The fourth-order valence-corrected chi connectivity index (χ4v) is 3.76. The van der Waals surface area contributed by atoms with Gasteiger partial charge in [-0.1, -0.05) is 6.92 Å². The van der Waals surface area contributed by atoms with Crippen molar-refractivity contribution < 1.29 is 9.59 Å². The molecule has 1 saturated carbocycles. The molecule has 0 bridgehead atoms. The quantitative estimate of drug-likeness (QED) is 0.905. The van der Waals surface area contributed by atoms with Crippen molar-refractivity contribution in [2.75, 3.05) is 13.1 Å². The van der Waals surface area contributed by atoms with Gasteiger partial charge in [-0.05, 0) is 32.1 Å². The normalized spacial score (nSPS) is 20.7. The average molecular weight is 321 g/mol. The number of hydrogen-bond donors (Lipinski definition) is 1. The second-order valence-corrected chi connectivity index (χ2v) is 7.14. The molecule has 2 heterocycles. The van der Waals surface area contributed by atoms with E-state index in [1.54, 1.807) is 17.5 Å². The SMILES string of the molecule is CC[C@@H](NC(=O)C1CCN(C(=O)C2CC2)CC1)c1nccs1. The Balaban J connectivity index is 1.50. The fourth-order valence-electron chi connectivity index (χ4n) is 2.99. The second kappa shape index (κ2) is 6.77. The van der Waals surface area contributed by atoms with Gasteiger partial charge in [-0.3, -0.25) is 9.59 Å². The Bertz CT molecular complexity index is 520. The Hall–Kier alpha value is -1.43. The zero-order valence-corrected chi connectivity index (χ0v) is 13.8. The highest BCUT2D eigenvalue weighted by atomic mass is 32.1. The van der Waals surface area contributed by atoms with Gasteiger partial charge in [0.05, 0.1) is 6.04 Å². The molecule has 1 atom stereocenters. The Morgan fingerprint density at radius 3 is 2.59 bits per heavy atom. The number of hydrogen-bond acceptors (Lipinski definition) is 4. The minimum absolute atomic E-state index is 0.0126. The molecule has 1 aromatic heterocycles. The zero-order chi connectivity index (χ0) is 15.5. The van der Waals surface area contributed by atoms with Crippen LogP contribution in [-0.4, -0.2) is 34.8 Å². The molecule has 1 saturated heterocycles. The molecule has 0 radical (unpaired) electrons. The highest BCUT2D eigenvalue weighted by Gasteiger charge is 2.36. The number of aromatic nitrogens is 1. The maximum atomic E-state index is 12.4. The minimum atomic E-state index is 0.0126. The maximum Gasteiger partial charge on any atom is 0.225 e. The minimum Gasteiger partial charge on any atom is -0.347 e. The molecule has 1 aliphatic heterocycles. The Morgan fingerprint density at radius 2 is 2.05 bits per heavy atom. The van der Waals surface area contributed by atoms with E-state index < -0.39 is 0 Å². The summed E-state index contributed by atoms with van der Waals surface area (Å²) < 4.78 is 0. The number of carbonyl (C=O) groups excluding carboxylic acids is 2. The summed E-state index contributed by atoms with van der Waals surface area (Å²) in [7, 11) is 0. The molecule has 5 nitrogen and oxygen atoms in total. The number of nitrogens with one attached hydrogen (secondary N) is 1. The standard InChI is InChI=1S/C16H23N3O2S/c1-2-13(15-17-7-10-22-15)18-14(20)11-5-8-19(9-6-11)16(21)12-3-4-12/h7,10-13H,2-6,8-9H2,1H3,(H,18,20)/t13-/m1/s1. The monoisotopic (exact) mass is 321 g/mol. The van der Waals surface area contributed by atoms with Crippen molar-refractivity contribution in [1.82, 2.24) is 15.2 Å². The van der Waals surface area contributed by atoms with Crippen LogP contribution in [0.5, 0.6) is 0 Å². The van der Waals surface area contributed by atoms with Crippen molar-refractivity contribution >= 4 is 23.2 Å². The van der Waals surface area contributed by atoms with Crippen molar-refractivity contribution in [2.45, 2.75) is 45.1 Å². The molecule has 1 aliphatic carbocycles. The fraction of sp³-hybridized carbons (Fsp3) is 0.688. The van der Waals surface area contributed by atoms with Gasteiger partial charge < -0.3 is 10.2 Å². The number of likely N-dealkylation sites (tertiary alicyclic amines) is 1. The van der Waals surface area contributed by atoms with Crippen molar-refractivity contribution in [1.29, 1.82) is 0 Å². The van der Waals surface area contributed by atoms with Crippen LogP contribution in [0.4, 0.5) is 0 Å². The number of rotatable bonds is 5. The molecule has 1 aromatic rings. The van der Waals surface area contributed by atoms with Crippen LogP contribution in [0, 0.1) is 11.8 Å². The first-order valence-electron chi connectivity index (χ1n) is 8.17. The molecule has 22 heavy (non-hydrogen) atoms. The summed E-state index contributed by atoms with van der Waals surface area (Å²) in [4.78, 5) is 30.7. The van der Waals surface area contributed by atoms with E-state index in [1.807, 2.05) is 10.3 Å². The van der Waals surface area contributed by atoms with E-state index in [-0.39, 0.29) is 23.8 Å². The van der Waals surface area contributed by atoms with E-state index in [9.17, 15) is 9.59 Å². The highest BCUT2D eigenvalue weighted by Crippen LogP contribution is 2.32. The molecule has 120 valence electrons. The van der Waals surface area contributed by atoms with Crippen molar-refractivity contribution in [3.05, 3.63) is 16.6 Å². The third kappa shape index (κ3) is 3.48. The molecular weight excluding hydrogens is 298 g/mol. The van der Waals surface area contributed by atoms with Crippen molar-refractivity contribution in [3.8, 4) is 0 Å². The molecule has 6 heteroatoms. The van der Waals surface area contributed by atoms with Gasteiger partial charge in [0.25, 0.3) is 0 Å². The molecule has 0 unspecified atom stereocenters. The van der Waals surface area contributed by atoms with E-state index in [4.69, 9.17) is 0 Å². The van der Waals surface area contributed by atoms with E-state index >= 15 is 0 Å². The van der Waals surface area contributed by atoms with Crippen molar-refractivity contribution in [2.24, 2.45) is 11.8 Å². The predicted molar refractivity (Wildman–Crippen MR) is 85.3 cm³/mol. The molecular formula is C16H23N3O2S. The lowest BCUT2D eigenvalue weighted by Crippen LogP contribution is -2.44. The maximum absolute atomic E-state index is 12.4. The van der Waals surface area contributed by atoms with Gasteiger partial charge in [-0.15, -0.1) is 11.3 Å². The largest absolute Gasteiger partial charge is 0.347 e. The van der Waals surface area contributed by atoms with Gasteiger partial charge in [-0.2, -0.15) is 0 Å². The number of nitrogens with zero attached hydrogens (tertiary/aromatic N) is 2. The first-order chi connectivity index (χ1) is 10.7. The molecule has 0 aromatic carbocycles. The number of thiazole rings is 1. The predicted octanol–water partition coefficient (Wildman–Crippen LogP) is 2.36. The van der Waals surface area contributed by atoms with Gasteiger partial charge in [0.1, 0.15) is 5.01 Å². The summed E-state index contributed by atoms with van der Waals surface area (Å²) in [5.41, 5.74) is 0. The van der Waals surface area contributed by atoms with E-state index in [0.29, 0.717) is 5.91 Å². The average Bonchev–Trinajstić information content (AvgIpc) is 3.27. The number of piperidine rings is 1. The summed E-state index contributed by atoms with van der Waals surface area (Å²) in [6.45, 7) is 3.51. The van der Waals surface area contributed by atoms with Gasteiger partial charge >= 0.3 is 0 Å². The molecule has 3 rings (SSSR count). The van der Waals surface area contributed by atoms with Crippen LogP contribution in [0.2, 0.25) is 0 Å². The van der Waals surface area contributed by atoms with Gasteiger partial charge in [0, 0.05) is 36.5 Å². The van der Waals surface area contributed by atoms with Gasteiger partial charge in [0.15, 0.2) is 0 Å². The Labute approximate surface area is 135 Å². The Kier molecular flexibility index (Phi) is 4.76. The third-order valence-electron chi connectivity index (χ3n) is 4.58. The summed E-state index contributed by atoms with van der Waals surface area (Å²) in [6, 6.07) is 0.0126. The first kappa shape index (κ1) is 15.5. The van der Waals surface area contributed by atoms with Gasteiger partial charge in [-0.25, -0.2) is 4.98 Å². The van der Waals surface area contributed by atoms with Gasteiger partial charge in [0.2, 0.25) is 11.8 Å². The van der Waals surface area contributed by atoms with Crippen LogP contribution < -0.4 is 5.32 Å². The zero-order valence-electron chi connectivity index (χ0n) is 13.0. The summed E-state index contributed by atoms with van der Waals surface area (Å²) in [5.74, 6) is 0.714. The van der Waals surface area contributed by atoms with Crippen LogP contribution >= 0.6 is 11.3 Å². The summed E-state index contributed by atoms with van der Waals surface area (Å²) in [6.07, 6.45) is 6.27. The third-order valence-corrected chi connectivity index (χ3v) is 5.47.